The number of carbonyl (C=O) groups is 3. The summed E-state index contributed by atoms with van der Waals surface area (Å²) in [4.78, 5) is 36.2. The van der Waals surface area contributed by atoms with E-state index in [1.54, 1.807) is 0 Å². The number of hydrogen-bond donors (Lipinski definition) is 2. The molecule has 2 aromatic carbocycles. The van der Waals surface area contributed by atoms with E-state index in [9.17, 15) is 14.4 Å². The maximum Gasteiger partial charge on any atom is 0.407 e. The van der Waals surface area contributed by atoms with Gasteiger partial charge in [-0.15, -0.1) is 0 Å². The lowest BCUT2D eigenvalue weighted by Crippen LogP contribution is -2.43. The Hall–Kier alpha value is -3.35. The summed E-state index contributed by atoms with van der Waals surface area (Å²) >= 11 is 0. The van der Waals surface area contributed by atoms with Gasteiger partial charge in [0.1, 0.15) is 12.6 Å². The molecule has 0 aliphatic heterocycles. The number of alkyl carbamates (subject to hydrolysis) is 1. The van der Waals surface area contributed by atoms with Crippen molar-refractivity contribution in [3.63, 3.8) is 0 Å². The van der Waals surface area contributed by atoms with Crippen molar-refractivity contribution >= 4 is 18.0 Å². The van der Waals surface area contributed by atoms with Crippen LogP contribution in [0.25, 0.3) is 11.1 Å². The highest BCUT2D eigenvalue weighted by Gasteiger charge is 2.30. The third kappa shape index (κ3) is 5.87. The van der Waals surface area contributed by atoms with Crippen LogP contribution in [0.5, 0.6) is 0 Å². The zero-order valence-corrected chi connectivity index (χ0v) is 18.7. The number of rotatable bonds is 8. The first kappa shape index (κ1) is 23.3. The van der Waals surface area contributed by atoms with Crippen LogP contribution in [-0.4, -0.2) is 37.2 Å². The van der Waals surface area contributed by atoms with Crippen LogP contribution >= 0.6 is 0 Å². The van der Waals surface area contributed by atoms with Crippen LogP contribution in [0.1, 0.15) is 50.7 Å². The van der Waals surface area contributed by atoms with Gasteiger partial charge in [-0.2, -0.15) is 0 Å². The number of esters is 1. The first-order valence-corrected chi connectivity index (χ1v) is 10.7. The van der Waals surface area contributed by atoms with E-state index in [0.29, 0.717) is 0 Å². The summed E-state index contributed by atoms with van der Waals surface area (Å²) in [6.07, 6.45) is -0.754. The number of amides is 2. The normalized spacial score (nSPS) is 13.6. The first-order valence-electron chi connectivity index (χ1n) is 10.7. The Morgan fingerprint density at radius 2 is 1.53 bits per heavy atom. The lowest BCUT2D eigenvalue weighted by molar-refractivity contribution is -0.149. The van der Waals surface area contributed by atoms with Gasteiger partial charge in [-0.3, -0.25) is 4.79 Å². The minimum absolute atomic E-state index is 0.0442. The van der Waals surface area contributed by atoms with Gasteiger partial charge in [-0.1, -0.05) is 69.3 Å². The Labute approximate surface area is 188 Å². The number of primary amides is 1. The highest BCUT2D eigenvalue weighted by molar-refractivity contribution is 5.83. The van der Waals surface area contributed by atoms with Gasteiger partial charge < -0.3 is 20.5 Å². The molecule has 32 heavy (non-hydrogen) atoms. The molecular formula is C25H30N2O5. The minimum atomic E-state index is -1.01. The standard InChI is InChI=1S/C25H30N2O5/c1-25(2,3)15-32-23(29)21(12-13-22(26)28)27-24(30)31-14-20-18-10-6-4-8-16(18)17-9-5-7-11-19(17)20/h4-11,20-21H,12-15H2,1-3H3,(H2,26,28)(H,27,30)/t21-/m0/s1. The maximum atomic E-state index is 12.5. The maximum absolute atomic E-state index is 12.5. The van der Waals surface area contributed by atoms with E-state index < -0.39 is 24.0 Å². The van der Waals surface area contributed by atoms with Gasteiger partial charge in [0.05, 0.1) is 6.61 Å². The van der Waals surface area contributed by atoms with Crippen LogP contribution in [0.4, 0.5) is 4.79 Å². The van der Waals surface area contributed by atoms with Crippen molar-refractivity contribution < 1.29 is 23.9 Å². The van der Waals surface area contributed by atoms with E-state index in [0.717, 1.165) is 22.3 Å². The van der Waals surface area contributed by atoms with Gasteiger partial charge in [0.25, 0.3) is 0 Å². The van der Waals surface area contributed by atoms with Crippen LogP contribution in [0.15, 0.2) is 48.5 Å². The van der Waals surface area contributed by atoms with Crippen LogP contribution in [0.2, 0.25) is 0 Å². The Bertz CT molecular complexity index is 950. The molecule has 0 saturated heterocycles. The minimum Gasteiger partial charge on any atom is -0.464 e. The monoisotopic (exact) mass is 438 g/mol. The van der Waals surface area contributed by atoms with Crippen molar-refractivity contribution in [2.45, 2.75) is 45.6 Å². The summed E-state index contributed by atoms with van der Waals surface area (Å²) in [5.74, 6) is -1.27. The third-order valence-corrected chi connectivity index (χ3v) is 5.25. The second-order valence-electron chi connectivity index (χ2n) is 9.20. The number of hydrogen-bond acceptors (Lipinski definition) is 5. The van der Waals surface area contributed by atoms with Crippen molar-refractivity contribution in [1.82, 2.24) is 5.32 Å². The molecule has 0 radical (unpaired) electrons. The summed E-state index contributed by atoms with van der Waals surface area (Å²) in [5.41, 5.74) is 9.43. The second-order valence-corrected chi connectivity index (χ2v) is 9.20. The first-order chi connectivity index (χ1) is 15.2. The lowest BCUT2D eigenvalue weighted by atomic mass is 9.98. The number of fused-ring (bicyclic) bond motifs is 3. The number of ether oxygens (including phenoxy) is 2. The predicted molar refractivity (Wildman–Crippen MR) is 121 cm³/mol. The molecule has 3 rings (SSSR count). The number of nitrogens with two attached hydrogens (primary N) is 1. The topological polar surface area (TPSA) is 108 Å². The fraction of sp³-hybridized carbons (Fsp3) is 0.400. The molecule has 0 heterocycles. The number of nitrogens with one attached hydrogen (secondary N) is 1. The van der Waals surface area contributed by atoms with Crippen molar-refractivity contribution in [2.24, 2.45) is 11.1 Å². The fourth-order valence-electron chi connectivity index (χ4n) is 3.71. The number of carbonyl (C=O) groups excluding carboxylic acids is 3. The molecule has 0 unspecified atom stereocenters. The van der Waals surface area contributed by atoms with Crippen LogP contribution in [-0.2, 0) is 19.1 Å². The highest BCUT2D eigenvalue weighted by Crippen LogP contribution is 2.44. The largest absolute Gasteiger partial charge is 0.464 e. The van der Waals surface area contributed by atoms with Gasteiger partial charge >= 0.3 is 12.1 Å². The molecule has 170 valence electrons. The molecule has 3 N–H and O–H groups in total. The zero-order valence-electron chi connectivity index (χ0n) is 18.7. The van der Waals surface area contributed by atoms with Crippen molar-refractivity contribution in [2.75, 3.05) is 13.2 Å². The van der Waals surface area contributed by atoms with Gasteiger partial charge in [0.15, 0.2) is 0 Å². The summed E-state index contributed by atoms with van der Waals surface area (Å²) < 4.78 is 10.8. The average molecular weight is 439 g/mol. The Morgan fingerprint density at radius 3 is 2.06 bits per heavy atom. The molecule has 0 saturated carbocycles. The molecule has 7 nitrogen and oxygen atoms in total. The zero-order chi connectivity index (χ0) is 23.3. The van der Waals surface area contributed by atoms with Crippen LogP contribution in [0.3, 0.4) is 0 Å². The molecule has 2 amide bonds. The van der Waals surface area contributed by atoms with Gasteiger partial charge in [-0.05, 0) is 34.1 Å². The predicted octanol–water partition coefficient (Wildman–Crippen LogP) is 3.75. The van der Waals surface area contributed by atoms with E-state index >= 15 is 0 Å². The van der Waals surface area contributed by atoms with E-state index in [1.807, 2.05) is 57.2 Å². The average Bonchev–Trinajstić information content (AvgIpc) is 3.06. The van der Waals surface area contributed by atoms with E-state index in [2.05, 4.69) is 17.4 Å². The molecule has 0 fully saturated rings. The van der Waals surface area contributed by atoms with E-state index in [4.69, 9.17) is 15.2 Å². The molecule has 0 bridgehead atoms. The molecule has 0 aromatic heterocycles. The molecule has 1 aliphatic carbocycles. The number of benzene rings is 2. The summed E-state index contributed by atoms with van der Waals surface area (Å²) in [5, 5.41) is 2.54. The van der Waals surface area contributed by atoms with Crippen LogP contribution in [0, 0.1) is 5.41 Å². The molecule has 7 heteroatoms. The molecular weight excluding hydrogens is 408 g/mol. The van der Waals surface area contributed by atoms with Gasteiger partial charge in [0, 0.05) is 12.3 Å². The quantitative estimate of drug-likeness (QED) is 0.611. The van der Waals surface area contributed by atoms with Crippen LogP contribution < -0.4 is 11.1 Å². The second kappa shape index (κ2) is 9.85. The van der Waals surface area contributed by atoms with Gasteiger partial charge in [0.2, 0.25) is 5.91 Å². The molecule has 0 spiro atoms. The lowest BCUT2D eigenvalue weighted by Gasteiger charge is -2.22. The molecule has 2 aromatic rings. The Balaban J connectivity index is 1.65. The third-order valence-electron chi connectivity index (χ3n) is 5.25. The van der Waals surface area contributed by atoms with Crippen molar-refractivity contribution in [1.29, 1.82) is 0 Å². The van der Waals surface area contributed by atoms with E-state index in [-0.39, 0.29) is 37.4 Å². The van der Waals surface area contributed by atoms with Gasteiger partial charge in [-0.25, -0.2) is 9.59 Å². The van der Waals surface area contributed by atoms with Crippen molar-refractivity contribution in [3.8, 4) is 11.1 Å². The van der Waals surface area contributed by atoms with Crippen molar-refractivity contribution in [3.05, 3.63) is 59.7 Å². The summed E-state index contributed by atoms with van der Waals surface area (Å²) in [7, 11) is 0. The highest BCUT2D eigenvalue weighted by atomic mass is 16.6. The fourth-order valence-corrected chi connectivity index (χ4v) is 3.71. The Morgan fingerprint density at radius 1 is 0.969 bits per heavy atom. The summed E-state index contributed by atoms with van der Waals surface area (Å²) in [6, 6.07) is 15.0. The SMILES string of the molecule is CC(C)(C)COC(=O)[C@H](CCC(N)=O)NC(=O)OCC1c2ccccc2-c2ccccc21. The van der Waals surface area contributed by atoms with E-state index in [1.165, 1.54) is 0 Å². The molecule has 1 atom stereocenters. The smallest absolute Gasteiger partial charge is 0.407 e. The Kier molecular flexibility index (Phi) is 7.18. The summed E-state index contributed by atoms with van der Waals surface area (Å²) in [6.45, 7) is 6.09. The molecule has 1 aliphatic rings.